The quantitative estimate of drug-likeness (QED) is 0.407. The molecule has 4 aromatic rings. The largest absolute Gasteiger partial charge is 0.436 e. The van der Waals surface area contributed by atoms with E-state index in [1.807, 2.05) is 67.6 Å². The summed E-state index contributed by atoms with van der Waals surface area (Å²) in [6, 6.07) is 20.9. The molecule has 0 saturated heterocycles. The van der Waals surface area contributed by atoms with Crippen molar-refractivity contribution in [1.29, 1.82) is 0 Å². The summed E-state index contributed by atoms with van der Waals surface area (Å²) in [7, 11) is 0. The molecule has 4 nitrogen and oxygen atoms in total. The lowest BCUT2D eigenvalue weighted by molar-refractivity contribution is 0.102. The topological polar surface area (TPSA) is 55.1 Å². The average molecular weight is 454 g/mol. The molecule has 0 saturated carbocycles. The van der Waals surface area contributed by atoms with E-state index in [4.69, 9.17) is 4.42 Å². The molecule has 0 unspecified atom stereocenters. The molecule has 0 aliphatic carbocycles. The van der Waals surface area contributed by atoms with Crippen molar-refractivity contribution < 1.29 is 9.21 Å². The summed E-state index contributed by atoms with van der Waals surface area (Å²) in [6.45, 7) is 2.04. The molecular formula is C21H15IN2O2. The lowest BCUT2D eigenvalue weighted by Gasteiger charge is -2.05. The molecule has 5 heteroatoms. The molecule has 0 aliphatic heterocycles. The highest BCUT2D eigenvalue weighted by molar-refractivity contribution is 14.1. The molecule has 0 atom stereocenters. The standard InChI is InChI=1S/C21H15IN2O2/c1-13-5-7-14(8-6-13)21-24-18-12-17(9-10-19(18)26-21)23-20(25)15-3-2-4-16(22)11-15/h2-12H,1H3,(H,23,25). The molecule has 1 N–H and O–H groups in total. The van der Waals surface area contributed by atoms with Gasteiger partial charge in [0.2, 0.25) is 5.89 Å². The number of aromatic nitrogens is 1. The van der Waals surface area contributed by atoms with Crippen LogP contribution in [0.3, 0.4) is 0 Å². The highest BCUT2D eigenvalue weighted by Crippen LogP contribution is 2.26. The number of anilines is 1. The zero-order valence-corrected chi connectivity index (χ0v) is 16.2. The van der Waals surface area contributed by atoms with Gasteiger partial charge < -0.3 is 9.73 Å². The summed E-state index contributed by atoms with van der Waals surface area (Å²) in [6.07, 6.45) is 0. The van der Waals surface area contributed by atoms with Crippen LogP contribution in [0.1, 0.15) is 15.9 Å². The van der Waals surface area contributed by atoms with Crippen LogP contribution >= 0.6 is 22.6 Å². The first kappa shape index (κ1) is 16.8. The van der Waals surface area contributed by atoms with Crippen LogP contribution in [0.5, 0.6) is 0 Å². The normalized spacial score (nSPS) is 10.8. The van der Waals surface area contributed by atoms with Gasteiger partial charge in [-0.1, -0.05) is 23.8 Å². The fraction of sp³-hybridized carbons (Fsp3) is 0.0476. The first-order valence-corrected chi connectivity index (χ1v) is 9.21. The summed E-state index contributed by atoms with van der Waals surface area (Å²) >= 11 is 2.19. The van der Waals surface area contributed by atoms with E-state index < -0.39 is 0 Å². The third kappa shape index (κ3) is 3.48. The Morgan fingerprint density at radius 3 is 2.62 bits per heavy atom. The number of fused-ring (bicyclic) bond motifs is 1. The number of aryl methyl sites for hydroxylation is 1. The average Bonchev–Trinajstić information content (AvgIpc) is 3.05. The number of benzene rings is 3. The van der Waals surface area contributed by atoms with Crippen LogP contribution in [-0.4, -0.2) is 10.9 Å². The summed E-state index contributed by atoms with van der Waals surface area (Å²) in [5.41, 5.74) is 4.82. The van der Waals surface area contributed by atoms with E-state index in [-0.39, 0.29) is 5.91 Å². The molecule has 0 bridgehead atoms. The fourth-order valence-corrected chi connectivity index (χ4v) is 3.20. The molecule has 1 aromatic heterocycles. The second kappa shape index (κ2) is 6.92. The molecule has 0 radical (unpaired) electrons. The van der Waals surface area contributed by atoms with Gasteiger partial charge in [-0.2, -0.15) is 0 Å². The van der Waals surface area contributed by atoms with Gasteiger partial charge in [0.25, 0.3) is 5.91 Å². The van der Waals surface area contributed by atoms with Gasteiger partial charge in [0.05, 0.1) is 0 Å². The van der Waals surface area contributed by atoms with E-state index in [9.17, 15) is 4.79 Å². The molecular weight excluding hydrogens is 439 g/mol. The van der Waals surface area contributed by atoms with E-state index in [0.29, 0.717) is 28.2 Å². The van der Waals surface area contributed by atoms with Crippen molar-refractivity contribution in [2.24, 2.45) is 0 Å². The monoisotopic (exact) mass is 454 g/mol. The van der Waals surface area contributed by atoms with Crippen LogP contribution in [0, 0.1) is 10.5 Å². The number of carbonyl (C=O) groups is 1. The molecule has 3 aromatic carbocycles. The minimum atomic E-state index is -0.148. The van der Waals surface area contributed by atoms with Crippen molar-refractivity contribution in [2.45, 2.75) is 6.92 Å². The summed E-state index contributed by atoms with van der Waals surface area (Å²) in [5.74, 6) is 0.422. The number of halogens is 1. The maximum atomic E-state index is 12.4. The maximum Gasteiger partial charge on any atom is 0.255 e. The van der Waals surface area contributed by atoms with Crippen molar-refractivity contribution in [2.75, 3.05) is 5.32 Å². The molecule has 0 fully saturated rings. The lowest BCUT2D eigenvalue weighted by atomic mass is 10.1. The van der Waals surface area contributed by atoms with E-state index >= 15 is 0 Å². The van der Waals surface area contributed by atoms with Crippen molar-refractivity contribution in [3.8, 4) is 11.5 Å². The van der Waals surface area contributed by atoms with Gasteiger partial charge in [0.15, 0.2) is 5.58 Å². The number of nitrogens with zero attached hydrogens (tertiary/aromatic N) is 1. The Balaban J connectivity index is 1.61. The van der Waals surface area contributed by atoms with Crippen molar-refractivity contribution in [1.82, 2.24) is 4.98 Å². The van der Waals surface area contributed by atoms with Crippen LogP contribution < -0.4 is 5.32 Å². The van der Waals surface area contributed by atoms with Gasteiger partial charge in [-0.3, -0.25) is 4.79 Å². The predicted molar refractivity (Wildman–Crippen MR) is 111 cm³/mol. The summed E-state index contributed by atoms with van der Waals surface area (Å²) in [4.78, 5) is 17.0. The van der Waals surface area contributed by atoms with E-state index in [1.165, 1.54) is 5.56 Å². The highest BCUT2D eigenvalue weighted by Gasteiger charge is 2.11. The van der Waals surface area contributed by atoms with Crippen molar-refractivity contribution >= 4 is 45.3 Å². The predicted octanol–water partition coefficient (Wildman–Crippen LogP) is 5.66. The second-order valence-electron chi connectivity index (χ2n) is 6.03. The first-order chi connectivity index (χ1) is 12.6. The number of carbonyl (C=O) groups excluding carboxylic acids is 1. The Labute approximate surface area is 164 Å². The van der Waals surface area contributed by atoms with Crippen LogP contribution in [0.4, 0.5) is 5.69 Å². The lowest BCUT2D eigenvalue weighted by Crippen LogP contribution is -2.11. The van der Waals surface area contributed by atoms with Gasteiger partial charge in [0.1, 0.15) is 5.52 Å². The Hall–Kier alpha value is -2.67. The maximum absolute atomic E-state index is 12.4. The minimum absolute atomic E-state index is 0.148. The zero-order chi connectivity index (χ0) is 18.1. The van der Waals surface area contributed by atoms with Gasteiger partial charge >= 0.3 is 0 Å². The SMILES string of the molecule is Cc1ccc(-c2nc3cc(NC(=O)c4cccc(I)c4)ccc3o2)cc1. The molecule has 1 heterocycles. The Morgan fingerprint density at radius 1 is 1.04 bits per heavy atom. The molecule has 0 aliphatic rings. The number of amides is 1. The molecule has 0 spiro atoms. The molecule has 1 amide bonds. The van der Waals surface area contributed by atoms with Crippen LogP contribution in [0.15, 0.2) is 71.1 Å². The first-order valence-electron chi connectivity index (χ1n) is 8.13. The Bertz CT molecular complexity index is 1100. The third-order valence-corrected chi connectivity index (χ3v) is 4.70. The number of oxazole rings is 1. The molecule has 128 valence electrons. The molecule has 26 heavy (non-hydrogen) atoms. The van der Waals surface area contributed by atoms with E-state index in [2.05, 4.69) is 32.9 Å². The molecule has 4 rings (SSSR count). The van der Waals surface area contributed by atoms with Crippen LogP contribution in [0.25, 0.3) is 22.6 Å². The summed E-state index contributed by atoms with van der Waals surface area (Å²) in [5, 5.41) is 2.91. The summed E-state index contributed by atoms with van der Waals surface area (Å²) < 4.78 is 6.85. The number of hydrogen-bond acceptors (Lipinski definition) is 3. The van der Waals surface area contributed by atoms with Crippen molar-refractivity contribution in [3.63, 3.8) is 0 Å². The number of nitrogens with one attached hydrogen (secondary N) is 1. The Morgan fingerprint density at radius 2 is 1.85 bits per heavy atom. The number of rotatable bonds is 3. The van der Waals surface area contributed by atoms with Gasteiger partial charge in [-0.25, -0.2) is 4.98 Å². The van der Waals surface area contributed by atoms with Gasteiger partial charge in [-0.05, 0) is 78.0 Å². The second-order valence-corrected chi connectivity index (χ2v) is 7.28. The minimum Gasteiger partial charge on any atom is -0.436 e. The van der Waals surface area contributed by atoms with Crippen LogP contribution in [0.2, 0.25) is 0 Å². The Kier molecular flexibility index (Phi) is 4.46. The van der Waals surface area contributed by atoms with Gasteiger partial charge in [0, 0.05) is 20.4 Å². The van der Waals surface area contributed by atoms with Crippen molar-refractivity contribution in [3.05, 3.63) is 81.4 Å². The number of hydrogen-bond donors (Lipinski definition) is 1. The zero-order valence-electron chi connectivity index (χ0n) is 14.0. The highest BCUT2D eigenvalue weighted by atomic mass is 127. The fourth-order valence-electron chi connectivity index (χ4n) is 2.66. The van der Waals surface area contributed by atoms with E-state index in [1.54, 1.807) is 6.07 Å². The van der Waals surface area contributed by atoms with Crippen LogP contribution in [-0.2, 0) is 0 Å². The third-order valence-electron chi connectivity index (χ3n) is 4.03. The van der Waals surface area contributed by atoms with E-state index in [0.717, 1.165) is 9.13 Å². The smallest absolute Gasteiger partial charge is 0.255 e. The van der Waals surface area contributed by atoms with Gasteiger partial charge in [-0.15, -0.1) is 0 Å².